The van der Waals surface area contributed by atoms with E-state index in [1.165, 1.54) is 5.56 Å². The maximum atomic E-state index is 12.5. The van der Waals surface area contributed by atoms with Gasteiger partial charge >= 0.3 is 0 Å². The van der Waals surface area contributed by atoms with Gasteiger partial charge in [0.2, 0.25) is 0 Å². The predicted molar refractivity (Wildman–Crippen MR) is 82.0 cm³/mol. The Bertz CT molecular complexity index is 680. The van der Waals surface area contributed by atoms with E-state index in [4.69, 9.17) is 0 Å². The third-order valence-electron chi connectivity index (χ3n) is 4.42. The summed E-state index contributed by atoms with van der Waals surface area (Å²) in [5.41, 5.74) is 3.57. The molecule has 0 spiro atoms. The van der Waals surface area contributed by atoms with Gasteiger partial charge in [0.1, 0.15) is 0 Å². The Morgan fingerprint density at radius 2 is 1.55 bits per heavy atom. The van der Waals surface area contributed by atoms with Gasteiger partial charge in [0.15, 0.2) is 5.78 Å². The van der Waals surface area contributed by atoms with Crippen LogP contribution < -0.4 is 0 Å². The van der Waals surface area contributed by atoms with E-state index in [1.807, 2.05) is 36.4 Å². The first-order valence-corrected chi connectivity index (χ1v) is 6.91. The number of allylic oxidation sites excluding steroid dienone is 1. The summed E-state index contributed by atoms with van der Waals surface area (Å²) in [5, 5.41) is 0. The zero-order valence-corrected chi connectivity index (χ0v) is 11.9. The second kappa shape index (κ2) is 4.45. The van der Waals surface area contributed by atoms with Crippen LogP contribution in [-0.2, 0) is 0 Å². The number of hydrogen-bond donors (Lipinski definition) is 0. The normalized spacial score (nSPS) is 20.6. The van der Waals surface area contributed by atoms with Crippen molar-refractivity contribution >= 4 is 5.78 Å². The summed E-state index contributed by atoms with van der Waals surface area (Å²) in [6.45, 7) is 8.30. The van der Waals surface area contributed by atoms with Crippen molar-refractivity contribution in [2.24, 2.45) is 5.41 Å². The zero-order chi connectivity index (χ0) is 14.3. The van der Waals surface area contributed by atoms with Gasteiger partial charge in [-0.05, 0) is 16.7 Å². The smallest absolute Gasteiger partial charge is 0.189 e. The molecule has 1 atom stereocenters. The van der Waals surface area contributed by atoms with Crippen LogP contribution in [0, 0.1) is 5.41 Å². The first kappa shape index (κ1) is 12.9. The van der Waals surface area contributed by atoms with Crippen LogP contribution in [-0.4, -0.2) is 5.78 Å². The summed E-state index contributed by atoms with van der Waals surface area (Å²) in [4.78, 5) is 12.5. The predicted octanol–water partition coefficient (Wildman–Crippen LogP) is 4.60. The van der Waals surface area contributed by atoms with Crippen LogP contribution >= 0.6 is 0 Å². The molecule has 0 fully saturated rings. The molecule has 2 aromatic rings. The first-order valence-electron chi connectivity index (χ1n) is 6.91. The van der Waals surface area contributed by atoms with Crippen LogP contribution in [0.1, 0.15) is 41.3 Å². The van der Waals surface area contributed by atoms with Gasteiger partial charge < -0.3 is 0 Å². The Balaban J connectivity index is 2.28. The van der Waals surface area contributed by atoms with Crippen molar-refractivity contribution < 1.29 is 4.79 Å². The van der Waals surface area contributed by atoms with Crippen LogP contribution in [0.3, 0.4) is 0 Å². The fourth-order valence-corrected chi connectivity index (χ4v) is 3.22. The number of rotatable bonds is 1. The molecule has 100 valence electrons. The number of carbonyl (C=O) groups excluding carboxylic acids is 1. The van der Waals surface area contributed by atoms with Crippen molar-refractivity contribution in [3.05, 3.63) is 83.4 Å². The molecule has 20 heavy (non-hydrogen) atoms. The van der Waals surface area contributed by atoms with E-state index in [0.717, 1.165) is 11.1 Å². The summed E-state index contributed by atoms with van der Waals surface area (Å²) in [5.74, 6) is 0.253. The van der Waals surface area contributed by atoms with Crippen LogP contribution in [0.5, 0.6) is 0 Å². The lowest BCUT2D eigenvalue weighted by Crippen LogP contribution is -2.34. The Morgan fingerprint density at radius 3 is 2.25 bits per heavy atom. The second-order valence-electron chi connectivity index (χ2n) is 5.96. The monoisotopic (exact) mass is 262 g/mol. The van der Waals surface area contributed by atoms with Crippen molar-refractivity contribution in [2.45, 2.75) is 19.8 Å². The molecule has 2 aromatic carbocycles. The molecule has 3 rings (SSSR count). The largest absolute Gasteiger partial charge is 0.289 e. The average molecular weight is 262 g/mol. The van der Waals surface area contributed by atoms with E-state index in [1.54, 1.807) is 0 Å². The molecular weight excluding hydrogens is 244 g/mol. The van der Waals surface area contributed by atoms with Gasteiger partial charge in [-0.1, -0.05) is 75.0 Å². The fourth-order valence-electron chi connectivity index (χ4n) is 3.22. The molecule has 1 heteroatoms. The van der Waals surface area contributed by atoms with Gasteiger partial charge in [-0.25, -0.2) is 0 Å². The zero-order valence-electron chi connectivity index (χ0n) is 11.9. The number of benzene rings is 2. The summed E-state index contributed by atoms with van der Waals surface area (Å²) in [6.07, 6.45) is 0. The van der Waals surface area contributed by atoms with E-state index in [9.17, 15) is 4.79 Å². The van der Waals surface area contributed by atoms with Crippen molar-refractivity contribution in [3.63, 3.8) is 0 Å². The second-order valence-corrected chi connectivity index (χ2v) is 5.96. The number of hydrogen-bond acceptors (Lipinski definition) is 1. The highest BCUT2D eigenvalue weighted by Gasteiger charge is 2.43. The van der Waals surface area contributed by atoms with Crippen molar-refractivity contribution in [3.8, 4) is 0 Å². The Hall–Kier alpha value is -2.15. The summed E-state index contributed by atoms with van der Waals surface area (Å²) in [7, 11) is 0. The van der Waals surface area contributed by atoms with Crippen molar-refractivity contribution in [1.82, 2.24) is 0 Å². The number of Topliss-reactive ketones (excluding diaryl/α,β-unsaturated/α-hetero) is 1. The van der Waals surface area contributed by atoms with Crippen LogP contribution in [0.25, 0.3) is 0 Å². The Kier molecular flexibility index (Phi) is 2.86. The minimum atomic E-state index is -0.271. The van der Waals surface area contributed by atoms with Gasteiger partial charge in [0, 0.05) is 16.9 Å². The van der Waals surface area contributed by atoms with E-state index >= 15 is 0 Å². The van der Waals surface area contributed by atoms with Crippen molar-refractivity contribution in [1.29, 1.82) is 0 Å². The molecular formula is C19H18O. The number of fused-ring (bicyclic) bond motifs is 1. The molecule has 1 aliphatic carbocycles. The van der Waals surface area contributed by atoms with E-state index in [2.05, 4.69) is 38.6 Å². The molecule has 1 aliphatic rings. The summed E-state index contributed by atoms with van der Waals surface area (Å²) in [6, 6.07) is 18.3. The minimum Gasteiger partial charge on any atom is -0.289 e. The van der Waals surface area contributed by atoms with Crippen LogP contribution in [0.2, 0.25) is 0 Å². The topological polar surface area (TPSA) is 17.1 Å². The van der Waals surface area contributed by atoms with E-state index < -0.39 is 0 Å². The minimum absolute atomic E-state index is 0.0813. The Morgan fingerprint density at radius 1 is 0.950 bits per heavy atom. The average Bonchev–Trinajstić information content (AvgIpc) is 2.46. The summed E-state index contributed by atoms with van der Waals surface area (Å²) < 4.78 is 0. The molecule has 0 saturated carbocycles. The Labute approximate surface area is 120 Å². The fraction of sp³-hybridized carbons (Fsp3) is 0.211. The molecule has 0 bridgehead atoms. The van der Waals surface area contributed by atoms with Gasteiger partial charge in [0.25, 0.3) is 0 Å². The molecule has 1 nitrogen and oxygen atoms in total. The maximum Gasteiger partial charge on any atom is 0.189 e. The van der Waals surface area contributed by atoms with E-state index in [0.29, 0.717) is 5.57 Å². The third-order valence-corrected chi connectivity index (χ3v) is 4.42. The molecule has 0 N–H and O–H groups in total. The maximum absolute atomic E-state index is 12.5. The molecule has 0 radical (unpaired) electrons. The SMILES string of the molecule is C=C1C(=O)c2ccccc2C(c2ccccc2)C1(C)C. The lowest BCUT2D eigenvalue weighted by molar-refractivity contribution is 0.0989. The summed E-state index contributed by atoms with van der Waals surface area (Å²) >= 11 is 0. The lowest BCUT2D eigenvalue weighted by atomic mass is 9.61. The third kappa shape index (κ3) is 1.74. The van der Waals surface area contributed by atoms with Gasteiger partial charge in [0.05, 0.1) is 0 Å². The van der Waals surface area contributed by atoms with Gasteiger partial charge in [-0.15, -0.1) is 0 Å². The van der Waals surface area contributed by atoms with Gasteiger partial charge in [-0.3, -0.25) is 4.79 Å². The first-order chi connectivity index (χ1) is 9.53. The molecule has 0 amide bonds. The highest BCUT2D eigenvalue weighted by Crippen LogP contribution is 2.50. The molecule has 1 unspecified atom stereocenters. The van der Waals surface area contributed by atoms with Crippen molar-refractivity contribution in [2.75, 3.05) is 0 Å². The number of ketones is 1. The lowest BCUT2D eigenvalue weighted by Gasteiger charge is -2.41. The quantitative estimate of drug-likeness (QED) is 0.687. The van der Waals surface area contributed by atoms with E-state index in [-0.39, 0.29) is 17.1 Å². The highest BCUT2D eigenvalue weighted by molar-refractivity contribution is 6.11. The van der Waals surface area contributed by atoms with Gasteiger partial charge in [-0.2, -0.15) is 0 Å². The molecule has 0 heterocycles. The standard InChI is InChI=1S/C19H18O/c1-13-18(20)16-12-8-7-11-15(16)17(19(13,2)3)14-9-5-4-6-10-14/h4-12,17H,1H2,2-3H3. The molecule has 0 aromatic heterocycles. The molecule has 0 saturated heterocycles. The highest BCUT2D eigenvalue weighted by atomic mass is 16.1. The van der Waals surface area contributed by atoms with Crippen LogP contribution in [0.15, 0.2) is 66.7 Å². The van der Waals surface area contributed by atoms with Crippen LogP contribution in [0.4, 0.5) is 0 Å². The molecule has 0 aliphatic heterocycles. The number of carbonyl (C=O) groups is 1.